The summed E-state index contributed by atoms with van der Waals surface area (Å²) < 4.78 is 6.54. The first-order chi connectivity index (χ1) is 7.00. The van der Waals surface area contributed by atoms with E-state index < -0.39 is 0 Å². The van der Waals surface area contributed by atoms with Crippen LogP contribution in [-0.4, -0.2) is 11.9 Å². The maximum absolute atomic E-state index is 11.8. The molecule has 15 heavy (non-hydrogen) atoms. The molecular weight excluding hydrogens is 256 g/mol. The van der Waals surface area contributed by atoms with E-state index in [1.54, 1.807) is 6.92 Å². The first-order valence-electron chi connectivity index (χ1n) is 5.05. The molecule has 1 aromatic carbocycles. The number of carbonyl (C=O) groups is 1. The number of Topliss-reactive ketones (excluding diaryl/α,β-unsaturated/α-hetero) is 1. The molecular formula is C12H13BrO2. The second-order valence-electron chi connectivity index (χ2n) is 4.15. The Kier molecular flexibility index (Phi) is 2.59. The summed E-state index contributed by atoms with van der Waals surface area (Å²) in [7, 11) is 0. The molecule has 0 saturated heterocycles. The minimum absolute atomic E-state index is 0.0770. The number of fused-ring (bicyclic) bond motifs is 1. The van der Waals surface area contributed by atoms with Gasteiger partial charge in [-0.25, -0.2) is 0 Å². The molecule has 1 aliphatic rings. The van der Waals surface area contributed by atoms with E-state index in [0.717, 1.165) is 15.8 Å². The van der Waals surface area contributed by atoms with Crippen LogP contribution in [-0.2, 0) is 0 Å². The van der Waals surface area contributed by atoms with Crippen LogP contribution >= 0.6 is 15.9 Å². The van der Waals surface area contributed by atoms with Crippen LogP contribution in [0, 0.1) is 0 Å². The Morgan fingerprint density at radius 1 is 1.40 bits per heavy atom. The lowest BCUT2D eigenvalue weighted by molar-refractivity contribution is 0.0878. The molecule has 80 valence electrons. The van der Waals surface area contributed by atoms with E-state index in [1.807, 2.05) is 12.1 Å². The average Bonchev–Trinajstić information content (AvgIpc) is 2.43. The minimum Gasteiger partial charge on any atom is -0.481 e. The molecule has 0 N–H and O–H groups in total. The lowest BCUT2D eigenvalue weighted by atomic mass is 9.98. The Hall–Kier alpha value is -0.830. The first kappa shape index (κ1) is 10.7. The van der Waals surface area contributed by atoms with E-state index in [0.29, 0.717) is 11.5 Å². The zero-order valence-corrected chi connectivity index (χ0v) is 10.6. The molecule has 0 bridgehead atoms. The van der Waals surface area contributed by atoms with Crippen molar-refractivity contribution in [2.45, 2.75) is 32.8 Å². The third kappa shape index (κ3) is 1.69. The topological polar surface area (TPSA) is 26.3 Å². The summed E-state index contributed by atoms with van der Waals surface area (Å²) in [6.45, 7) is 5.98. The number of ether oxygens (including phenoxy) is 1. The van der Waals surface area contributed by atoms with Crippen LogP contribution in [0.5, 0.6) is 5.75 Å². The number of benzene rings is 1. The highest BCUT2D eigenvalue weighted by Gasteiger charge is 2.31. The van der Waals surface area contributed by atoms with Gasteiger partial charge in [-0.05, 0) is 30.5 Å². The molecule has 0 saturated carbocycles. The molecule has 0 amide bonds. The van der Waals surface area contributed by atoms with Crippen LogP contribution in [0.1, 0.15) is 42.6 Å². The molecule has 1 aliphatic heterocycles. The van der Waals surface area contributed by atoms with Crippen molar-refractivity contribution in [3.63, 3.8) is 0 Å². The molecule has 2 nitrogen and oxygen atoms in total. The summed E-state index contributed by atoms with van der Waals surface area (Å²) in [5.41, 5.74) is 1.80. The summed E-state index contributed by atoms with van der Waals surface area (Å²) in [6.07, 6.45) is -0.341. The largest absolute Gasteiger partial charge is 0.481 e. The molecule has 1 atom stereocenters. The molecule has 0 aromatic heterocycles. The van der Waals surface area contributed by atoms with E-state index in [1.165, 1.54) is 0 Å². The van der Waals surface area contributed by atoms with Gasteiger partial charge in [0.1, 0.15) is 5.75 Å². The monoisotopic (exact) mass is 268 g/mol. The van der Waals surface area contributed by atoms with Gasteiger partial charge in [-0.3, -0.25) is 4.79 Å². The third-order valence-electron chi connectivity index (χ3n) is 2.63. The van der Waals surface area contributed by atoms with Gasteiger partial charge in [0.25, 0.3) is 0 Å². The van der Waals surface area contributed by atoms with E-state index >= 15 is 0 Å². The summed E-state index contributed by atoms with van der Waals surface area (Å²) in [5.74, 6) is 1.20. The Labute approximate surface area is 97.8 Å². The van der Waals surface area contributed by atoms with Gasteiger partial charge in [0.05, 0.1) is 5.56 Å². The predicted octanol–water partition coefficient (Wildman–Crippen LogP) is 3.54. The van der Waals surface area contributed by atoms with Crippen molar-refractivity contribution in [3.8, 4) is 5.75 Å². The summed E-state index contributed by atoms with van der Waals surface area (Å²) in [5, 5.41) is 0. The van der Waals surface area contributed by atoms with Gasteiger partial charge in [-0.1, -0.05) is 29.8 Å². The number of carbonyl (C=O) groups excluding carboxylic acids is 1. The van der Waals surface area contributed by atoms with Crippen LogP contribution in [0.3, 0.4) is 0 Å². The van der Waals surface area contributed by atoms with Gasteiger partial charge < -0.3 is 4.74 Å². The lowest BCUT2D eigenvalue weighted by Crippen LogP contribution is -2.14. The third-order valence-corrected chi connectivity index (χ3v) is 3.09. The van der Waals surface area contributed by atoms with E-state index in [-0.39, 0.29) is 11.9 Å². The SMILES string of the molecule is CC1Oc2c(cc(Br)cc2C(C)C)C1=O. The van der Waals surface area contributed by atoms with Crippen molar-refractivity contribution in [3.05, 3.63) is 27.7 Å². The van der Waals surface area contributed by atoms with Crippen LogP contribution in [0.2, 0.25) is 0 Å². The maximum atomic E-state index is 11.8. The molecule has 0 aliphatic carbocycles. The second-order valence-corrected chi connectivity index (χ2v) is 5.07. The Morgan fingerprint density at radius 3 is 2.67 bits per heavy atom. The molecule has 0 fully saturated rings. The number of rotatable bonds is 1. The van der Waals surface area contributed by atoms with Crippen LogP contribution in [0.15, 0.2) is 16.6 Å². The zero-order valence-electron chi connectivity index (χ0n) is 9.00. The number of hydrogen-bond donors (Lipinski definition) is 0. The van der Waals surface area contributed by atoms with Crippen molar-refractivity contribution in [2.75, 3.05) is 0 Å². The summed E-state index contributed by atoms with van der Waals surface area (Å²) in [6, 6.07) is 3.86. The highest BCUT2D eigenvalue weighted by atomic mass is 79.9. The van der Waals surface area contributed by atoms with Crippen LogP contribution in [0.4, 0.5) is 0 Å². The molecule has 0 spiro atoms. The van der Waals surface area contributed by atoms with Gasteiger partial charge in [-0.15, -0.1) is 0 Å². The fourth-order valence-corrected chi connectivity index (χ4v) is 2.28. The minimum atomic E-state index is -0.341. The zero-order chi connectivity index (χ0) is 11.2. The van der Waals surface area contributed by atoms with Gasteiger partial charge in [-0.2, -0.15) is 0 Å². The second kappa shape index (κ2) is 3.63. The summed E-state index contributed by atoms with van der Waals surface area (Å²) in [4.78, 5) is 11.8. The van der Waals surface area contributed by atoms with Crippen molar-refractivity contribution in [1.82, 2.24) is 0 Å². The Morgan fingerprint density at radius 2 is 2.07 bits per heavy atom. The van der Waals surface area contributed by atoms with Gasteiger partial charge >= 0.3 is 0 Å². The fourth-order valence-electron chi connectivity index (χ4n) is 1.81. The molecule has 1 heterocycles. The number of halogens is 1. The first-order valence-corrected chi connectivity index (χ1v) is 5.84. The highest BCUT2D eigenvalue weighted by Crippen LogP contribution is 2.38. The average molecular weight is 269 g/mol. The maximum Gasteiger partial charge on any atom is 0.206 e. The smallest absolute Gasteiger partial charge is 0.206 e. The quantitative estimate of drug-likeness (QED) is 0.779. The van der Waals surface area contributed by atoms with Crippen molar-refractivity contribution >= 4 is 21.7 Å². The molecule has 1 aromatic rings. The van der Waals surface area contributed by atoms with Gasteiger partial charge in [0.2, 0.25) is 5.78 Å². The standard InChI is InChI=1S/C12H13BrO2/c1-6(2)9-4-8(13)5-10-11(14)7(3)15-12(9)10/h4-7H,1-3H3. The predicted molar refractivity (Wildman–Crippen MR) is 62.7 cm³/mol. The van der Waals surface area contributed by atoms with E-state index in [4.69, 9.17) is 4.74 Å². The lowest BCUT2D eigenvalue weighted by Gasteiger charge is -2.11. The van der Waals surface area contributed by atoms with Crippen LogP contribution in [0.25, 0.3) is 0 Å². The highest BCUT2D eigenvalue weighted by molar-refractivity contribution is 9.10. The van der Waals surface area contributed by atoms with Crippen molar-refractivity contribution in [1.29, 1.82) is 0 Å². The normalized spacial score (nSPS) is 19.3. The van der Waals surface area contributed by atoms with Crippen molar-refractivity contribution in [2.24, 2.45) is 0 Å². The molecule has 0 radical (unpaired) electrons. The fraction of sp³-hybridized carbons (Fsp3) is 0.417. The van der Waals surface area contributed by atoms with Gasteiger partial charge in [0.15, 0.2) is 6.10 Å². The van der Waals surface area contributed by atoms with Gasteiger partial charge in [0, 0.05) is 4.47 Å². The molecule has 3 heteroatoms. The number of hydrogen-bond acceptors (Lipinski definition) is 2. The molecule has 2 rings (SSSR count). The molecule has 1 unspecified atom stereocenters. The van der Waals surface area contributed by atoms with E-state index in [9.17, 15) is 4.79 Å². The van der Waals surface area contributed by atoms with Crippen LogP contribution < -0.4 is 4.74 Å². The van der Waals surface area contributed by atoms with Crippen molar-refractivity contribution < 1.29 is 9.53 Å². The van der Waals surface area contributed by atoms with E-state index in [2.05, 4.69) is 29.8 Å². The number of ketones is 1. The Bertz CT molecular complexity index is 424. The Balaban J connectivity index is 2.62. The summed E-state index contributed by atoms with van der Waals surface area (Å²) >= 11 is 3.42.